The van der Waals surface area contributed by atoms with Gasteiger partial charge in [0.05, 0.1) is 0 Å². The van der Waals surface area contributed by atoms with Gasteiger partial charge in [-0.15, -0.1) is 0 Å². The molecule has 0 unspecified atom stereocenters. The molecule has 0 bridgehead atoms. The summed E-state index contributed by atoms with van der Waals surface area (Å²) in [6.07, 6.45) is 2.05. The maximum atomic E-state index is 9.98. The van der Waals surface area contributed by atoms with Gasteiger partial charge in [0.1, 0.15) is 11.5 Å². The monoisotopic (exact) mass is 390 g/mol. The molecule has 0 amide bonds. The zero-order chi connectivity index (χ0) is 19.5. The first-order valence-corrected chi connectivity index (χ1v) is 11.3. The Bertz CT molecular complexity index is 701. The molecule has 2 aromatic carbocycles. The average Bonchev–Trinajstić information content (AvgIpc) is 2.59. The minimum atomic E-state index is 0.0426. The largest absolute Gasteiger partial charge is 0.508 e. The fourth-order valence-electron chi connectivity index (χ4n) is 2.75. The zero-order valence-electron chi connectivity index (χ0n) is 16.6. The Morgan fingerprint density at radius 3 is 1.35 bits per heavy atom. The lowest BCUT2D eigenvalue weighted by Gasteiger charge is -2.27. The molecular weight excluding hydrogens is 360 g/mol. The van der Waals surface area contributed by atoms with Crippen LogP contribution in [-0.4, -0.2) is 10.2 Å². The summed E-state index contributed by atoms with van der Waals surface area (Å²) in [5.41, 5.74) is 2.57. The summed E-state index contributed by atoms with van der Waals surface area (Å²) in [5.74, 6) is 0.572. The van der Waals surface area contributed by atoms with Crippen molar-refractivity contribution in [3.63, 3.8) is 0 Å². The van der Waals surface area contributed by atoms with Crippen molar-refractivity contribution in [2.75, 3.05) is 0 Å². The highest BCUT2D eigenvalue weighted by atomic mass is 33.1. The Kier molecular flexibility index (Phi) is 6.62. The molecule has 0 heterocycles. The molecule has 2 aromatic rings. The van der Waals surface area contributed by atoms with E-state index in [-0.39, 0.29) is 22.3 Å². The van der Waals surface area contributed by atoms with Gasteiger partial charge in [-0.05, 0) is 59.1 Å². The van der Waals surface area contributed by atoms with Gasteiger partial charge in [0, 0.05) is 9.79 Å². The molecule has 0 aliphatic rings. The summed E-state index contributed by atoms with van der Waals surface area (Å²) in [4.78, 5) is 2.15. The van der Waals surface area contributed by atoms with E-state index in [1.807, 2.05) is 24.3 Å². The lowest BCUT2D eigenvalue weighted by atomic mass is 9.82. The van der Waals surface area contributed by atoms with Crippen molar-refractivity contribution in [3.8, 4) is 11.5 Å². The first kappa shape index (κ1) is 21.0. The molecule has 2 N–H and O–H groups in total. The van der Waals surface area contributed by atoms with E-state index in [1.165, 1.54) is 11.1 Å². The molecule has 0 saturated carbocycles. The Morgan fingerprint density at radius 1 is 0.692 bits per heavy atom. The molecule has 0 aromatic heterocycles. The number of benzene rings is 2. The lowest BCUT2D eigenvalue weighted by molar-refractivity contribution is 0.465. The Morgan fingerprint density at radius 2 is 1.04 bits per heavy atom. The van der Waals surface area contributed by atoms with E-state index in [1.54, 1.807) is 33.7 Å². The molecule has 0 radical (unpaired) electrons. The summed E-state index contributed by atoms with van der Waals surface area (Å²) in [6.45, 7) is 13.3. The van der Waals surface area contributed by atoms with Gasteiger partial charge in [0.15, 0.2) is 0 Å². The number of hydrogen-bond acceptors (Lipinski definition) is 4. The summed E-state index contributed by atoms with van der Waals surface area (Å²) < 4.78 is 0. The molecular formula is C22H30O2S2. The Balaban J connectivity index is 2.38. The second kappa shape index (κ2) is 8.18. The Hall–Kier alpha value is -1.26. The topological polar surface area (TPSA) is 40.5 Å². The molecule has 0 aliphatic heterocycles. The van der Waals surface area contributed by atoms with Crippen LogP contribution in [0.4, 0.5) is 0 Å². The molecule has 0 aliphatic carbocycles. The van der Waals surface area contributed by atoms with E-state index in [2.05, 4.69) is 41.5 Å². The first-order chi connectivity index (χ1) is 12.1. The van der Waals surface area contributed by atoms with Gasteiger partial charge in [0.25, 0.3) is 0 Å². The summed E-state index contributed by atoms with van der Waals surface area (Å²) in [7, 11) is 3.30. The average molecular weight is 391 g/mol. The van der Waals surface area contributed by atoms with E-state index < -0.39 is 0 Å². The molecule has 2 nitrogen and oxygen atoms in total. The zero-order valence-corrected chi connectivity index (χ0v) is 18.2. The van der Waals surface area contributed by atoms with Gasteiger partial charge in [-0.25, -0.2) is 0 Å². The van der Waals surface area contributed by atoms with Gasteiger partial charge in [-0.1, -0.05) is 75.3 Å². The maximum absolute atomic E-state index is 9.98. The minimum Gasteiger partial charge on any atom is -0.508 e. The van der Waals surface area contributed by atoms with Crippen LogP contribution in [0.15, 0.2) is 46.2 Å². The third kappa shape index (κ3) is 4.72. The van der Waals surface area contributed by atoms with Crippen LogP contribution in [-0.2, 0) is 10.8 Å². The van der Waals surface area contributed by atoms with Crippen molar-refractivity contribution < 1.29 is 10.2 Å². The number of rotatable bonds is 7. The molecule has 4 heteroatoms. The smallest absolute Gasteiger partial charge is 0.116 e. The van der Waals surface area contributed by atoms with E-state index in [4.69, 9.17) is 0 Å². The second-order valence-electron chi connectivity index (χ2n) is 8.00. The summed E-state index contributed by atoms with van der Waals surface area (Å²) in [6, 6.07) is 11.3. The van der Waals surface area contributed by atoms with Crippen LogP contribution < -0.4 is 0 Å². The quantitative estimate of drug-likeness (QED) is 0.488. The standard InChI is InChI=1S/C22H30O2S2/c1-7-21(3,4)17-11-9-15(23)13-19(17)25-26-20-14-16(24)10-12-18(20)22(5,6)8-2/h9-14,23-24H,7-8H2,1-6H3. The molecule has 0 fully saturated rings. The van der Waals surface area contributed by atoms with Crippen LogP contribution in [0.3, 0.4) is 0 Å². The summed E-state index contributed by atoms with van der Waals surface area (Å²) in [5, 5.41) is 20.0. The van der Waals surface area contributed by atoms with Crippen molar-refractivity contribution in [3.05, 3.63) is 47.5 Å². The van der Waals surface area contributed by atoms with Gasteiger partial charge >= 0.3 is 0 Å². The minimum absolute atomic E-state index is 0.0426. The van der Waals surface area contributed by atoms with E-state index in [0.29, 0.717) is 0 Å². The van der Waals surface area contributed by atoms with Gasteiger partial charge < -0.3 is 10.2 Å². The molecule has 0 atom stereocenters. The van der Waals surface area contributed by atoms with Crippen LogP contribution in [0.1, 0.15) is 65.5 Å². The molecule has 142 valence electrons. The molecule has 2 rings (SSSR count). The SMILES string of the molecule is CCC(C)(C)c1ccc(O)cc1SSc1cc(O)ccc1C(C)(C)CC. The highest BCUT2D eigenvalue weighted by molar-refractivity contribution is 8.76. The van der Waals surface area contributed by atoms with Crippen molar-refractivity contribution >= 4 is 21.6 Å². The first-order valence-electron chi connectivity index (χ1n) is 9.12. The normalized spacial score (nSPS) is 12.4. The van der Waals surface area contributed by atoms with E-state index in [0.717, 1.165) is 22.6 Å². The number of phenolic OH excluding ortho intramolecular Hbond substituents is 2. The van der Waals surface area contributed by atoms with Crippen LogP contribution >= 0.6 is 21.6 Å². The number of phenols is 2. The van der Waals surface area contributed by atoms with Gasteiger partial charge in [-0.2, -0.15) is 0 Å². The van der Waals surface area contributed by atoms with E-state index >= 15 is 0 Å². The molecule has 0 spiro atoms. The van der Waals surface area contributed by atoms with Crippen LogP contribution in [0.2, 0.25) is 0 Å². The predicted molar refractivity (Wildman–Crippen MR) is 115 cm³/mol. The van der Waals surface area contributed by atoms with Crippen molar-refractivity contribution in [1.82, 2.24) is 0 Å². The van der Waals surface area contributed by atoms with Gasteiger partial charge in [0.2, 0.25) is 0 Å². The highest BCUT2D eigenvalue weighted by Crippen LogP contribution is 2.47. The van der Waals surface area contributed by atoms with Crippen LogP contribution in [0.5, 0.6) is 11.5 Å². The molecule has 0 saturated heterocycles. The van der Waals surface area contributed by atoms with Crippen LogP contribution in [0.25, 0.3) is 0 Å². The van der Waals surface area contributed by atoms with Crippen molar-refractivity contribution in [1.29, 1.82) is 0 Å². The fourth-order valence-corrected chi connectivity index (χ4v) is 5.50. The molecule has 26 heavy (non-hydrogen) atoms. The van der Waals surface area contributed by atoms with E-state index in [9.17, 15) is 10.2 Å². The number of aromatic hydroxyl groups is 2. The Labute approximate surface area is 165 Å². The lowest BCUT2D eigenvalue weighted by Crippen LogP contribution is -2.17. The maximum Gasteiger partial charge on any atom is 0.116 e. The highest BCUT2D eigenvalue weighted by Gasteiger charge is 2.25. The predicted octanol–water partition coefficient (Wildman–Crippen LogP) is 7.27. The van der Waals surface area contributed by atoms with Crippen LogP contribution in [0, 0.1) is 0 Å². The second-order valence-corrected chi connectivity index (χ2v) is 10.2. The fraction of sp³-hybridized carbons (Fsp3) is 0.455. The van der Waals surface area contributed by atoms with Gasteiger partial charge in [-0.3, -0.25) is 0 Å². The van der Waals surface area contributed by atoms with Crippen molar-refractivity contribution in [2.24, 2.45) is 0 Å². The summed E-state index contributed by atoms with van der Waals surface area (Å²) >= 11 is 0. The third-order valence-corrected chi connectivity index (χ3v) is 7.82. The van der Waals surface area contributed by atoms with Crippen molar-refractivity contribution in [2.45, 2.75) is 75.0 Å². The number of hydrogen-bond donors (Lipinski definition) is 2. The third-order valence-electron chi connectivity index (χ3n) is 5.38.